The topological polar surface area (TPSA) is 55.2 Å². The van der Waals surface area contributed by atoms with Crippen molar-refractivity contribution in [2.75, 3.05) is 17.2 Å². The van der Waals surface area contributed by atoms with Crippen molar-refractivity contribution in [3.05, 3.63) is 93.8 Å². The number of fused-ring (bicyclic) bond motifs is 2. The lowest BCUT2D eigenvalue weighted by atomic mass is 10.1. The first-order chi connectivity index (χ1) is 15.5. The summed E-state index contributed by atoms with van der Waals surface area (Å²) in [5.41, 5.74) is 5.71. The number of aryl methyl sites for hydroxylation is 2. The van der Waals surface area contributed by atoms with Gasteiger partial charge in [-0.3, -0.25) is 14.2 Å². The molecule has 3 aromatic carbocycles. The summed E-state index contributed by atoms with van der Waals surface area (Å²) in [6.07, 6.45) is 0.869. The molecule has 32 heavy (non-hydrogen) atoms. The Bertz CT molecular complexity index is 1410. The summed E-state index contributed by atoms with van der Waals surface area (Å²) in [6.45, 7) is 4.76. The number of thioether (sulfide) groups is 1. The zero-order valence-electron chi connectivity index (χ0n) is 18.0. The smallest absolute Gasteiger partial charge is 0.266 e. The van der Waals surface area contributed by atoms with Crippen LogP contribution in [0.1, 0.15) is 16.7 Å². The Kier molecular flexibility index (Phi) is 5.31. The molecular formula is C26H23N3O2S. The van der Waals surface area contributed by atoms with Crippen LogP contribution in [-0.4, -0.2) is 27.8 Å². The van der Waals surface area contributed by atoms with Gasteiger partial charge in [0.05, 0.1) is 22.3 Å². The van der Waals surface area contributed by atoms with E-state index in [9.17, 15) is 9.59 Å². The first-order valence-corrected chi connectivity index (χ1v) is 11.6. The summed E-state index contributed by atoms with van der Waals surface area (Å²) in [5.74, 6) is 0.234. The number of carbonyl (C=O) groups is 1. The lowest BCUT2D eigenvalue weighted by Crippen LogP contribution is -2.31. The van der Waals surface area contributed by atoms with Crippen molar-refractivity contribution >= 4 is 34.3 Å². The maximum absolute atomic E-state index is 13.4. The Labute approximate surface area is 190 Å². The highest BCUT2D eigenvalue weighted by atomic mass is 32.2. The Morgan fingerprint density at radius 1 is 1.00 bits per heavy atom. The lowest BCUT2D eigenvalue weighted by molar-refractivity contribution is -0.116. The quantitative estimate of drug-likeness (QED) is 0.341. The first kappa shape index (κ1) is 20.5. The van der Waals surface area contributed by atoms with Crippen molar-refractivity contribution in [3.63, 3.8) is 0 Å². The van der Waals surface area contributed by atoms with Gasteiger partial charge in [-0.05, 0) is 67.3 Å². The van der Waals surface area contributed by atoms with Gasteiger partial charge in [0.2, 0.25) is 5.91 Å². The molecule has 0 saturated heterocycles. The van der Waals surface area contributed by atoms with E-state index >= 15 is 0 Å². The number of aromatic nitrogens is 2. The van der Waals surface area contributed by atoms with Crippen molar-refractivity contribution in [3.8, 4) is 5.69 Å². The van der Waals surface area contributed by atoms with E-state index in [-0.39, 0.29) is 17.2 Å². The molecule has 0 unspecified atom stereocenters. The van der Waals surface area contributed by atoms with Crippen LogP contribution in [-0.2, 0) is 11.2 Å². The third-order valence-corrected chi connectivity index (χ3v) is 6.93. The summed E-state index contributed by atoms with van der Waals surface area (Å²) in [7, 11) is 0. The lowest BCUT2D eigenvalue weighted by Gasteiger charge is -2.18. The normalized spacial score (nSPS) is 12.9. The minimum absolute atomic E-state index is 0.0222. The molecule has 6 heteroatoms. The maximum Gasteiger partial charge on any atom is 0.266 e. The SMILES string of the molecule is Cc1ccc(-n2c(SCC(=O)N3CCc4ccccc43)nc3ccccc3c2=O)cc1C. The fraction of sp³-hybridized carbons (Fsp3) is 0.192. The molecule has 0 atom stereocenters. The number of anilines is 1. The van der Waals surface area contributed by atoms with E-state index in [1.54, 1.807) is 10.6 Å². The van der Waals surface area contributed by atoms with E-state index in [2.05, 4.69) is 6.07 Å². The van der Waals surface area contributed by atoms with Crippen molar-refractivity contribution in [2.45, 2.75) is 25.4 Å². The predicted molar refractivity (Wildman–Crippen MR) is 130 cm³/mol. The summed E-state index contributed by atoms with van der Waals surface area (Å²) in [5, 5.41) is 1.09. The number of nitrogens with zero attached hydrogens (tertiary/aromatic N) is 3. The zero-order valence-corrected chi connectivity index (χ0v) is 18.9. The number of para-hydroxylation sites is 2. The second-order valence-electron chi connectivity index (χ2n) is 8.03. The summed E-state index contributed by atoms with van der Waals surface area (Å²) < 4.78 is 1.63. The Hall–Kier alpha value is -3.38. The average molecular weight is 442 g/mol. The molecule has 0 N–H and O–H groups in total. The van der Waals surface area contributed by atoms with E-state index in [0.717, 1.165) is 28.9 Å². The van der Waals surface area contributed by atoms with Crippen LogP contribution in [0.25, 0.3) is 16.6 Å². The van der Waals surface area contributed by atoms with Crippen LogP contribution >= 0.6 is 11.8 Å². The van der Waals surface area contributed by atoms with E-state index in [1.807, 2.05) is 73.3 Å². The highest BCUT2D eigenvalue weighted by molar-refractivity contribution is 7.99. The highest BCUT2D eigenvalue weighted by Gasteiger charge is 2.25. The van der Waals surface area contributed by atoms with E-state index in [4.69, 9.17) is 4.98 Å². The Balaban J connectivity index is 1.52. The fourth-order valence-electron chi connectivity index (χ4n) is 4.10. The van der Waals surface area contributed by atoms with E-state index in [1.165, 1.54) is 17.3 Å². The van der Waals surface area contributed by atoms with Gasteiger partial charge in [-0.1, -0.05) is 48.2 Å². The summed E-state index contributed by atoms with van der Waals surface area (Å²) >= 11 is 1.31. The molecule has 160 valence electrons. The molecule has 1 aliphatic heterocycles. The maximum atomic E-state index is 13.4. The van der Waals surface area contributed by atoms with Gasteiger partial charge in [0.25, 0.3) is 5.56 Å². The van der Waals surface area contributed by atoms with Gasteiger partial charge in [0, 0.05) is 12.2 Å². The van der Waals surface area contributed by atoms with Crippen molar-refractivity contribution < 1.29 is 4.79 Å². The molecule has 5 nitrogen and oxygen atoms in total. The van der Waals surface area contributed by atoms with Gasteiger partial charge in [-0.25, -0.2) is 4.98 Å². The number of hydrogen-bond donors (Lipinski definition) is 0. The number of rotatable bonds is 4. The third-order valence-electron chi connectivity index (χ3n) is 6.01. The molecule has 4 aromatic rings. The molecule has 0 radical (unpaired) electrons. The second kappa shape index (κ2) is 8.28. The van der Waals surface area contributed by atoms with Crippen LogP contribution in [0, 0.1) is 13.8 Å². The molecule has 5 rings (SSSR count). The Morgan fingerprint density at radius 2 is 1.78 bits per heavy atom. The molecule has 1 aliphatic rings. The van der Waals surface area contributed by atoms with Crippen LogP contribution in [0.3, 0.4) is 0 Å². The molecule has 0 bridgehead atoms. The van der Waals surface area contributed by atoms with Crippen molar-refractivity contribution in [1.29, 1.82) is 0 Å². The van der Waals surface area contributed by atoms with Gasteiger partial charge in [0.15, 0.2) is 5.16 Å². The molecular weight excluding hydrogens is 418 g/mol. The molecule has 2 heterocycles. The molecule has 0 fully saturated rings. The van der Waals surface area contributed by atoms with Crippen molar-refractivity contribution in [2.24, 2.45) is 0 Å². The van der Waals surface area contributed by atoms with Gasteiger partial charge in [-0.2, -0.15) is 0 Å². The van der Waals surface area contributed by atoms with Crippen molar-refractivity contribution in [1.82, 2.24) is 9.55 Å². The highest BCUT2D eigenvalue weighted by Crippen LogP contribution is 2.29. The number of hydrogen-bond acceptors (Lipinski definition) is 4. The standard InChI is InChI=1S/C26H23N3O2S/c1-17-11-12-20(15-18(17)2)29-25(31)21-8-4-5-9-22(21)27-26(29)32-16-24(30)28-14-13-19-7-3-6-10-23(19)28/h3-12,15H,13-14,16H2,1-2H3. The number of amides is 1. The van der Waals surface area contributed by atoms with E-state index < -0.39 is 0 Å². The third kappa shape index (κ3) is 3.60. The monoisotopic (exact) mass is 441 g/mol. The Morgan fingerprint density at radius 3 is 2.62 bits per heavy atom. The van der Waals surface area contributed by atoms with Gasteiger partial charge < -0.3 is 4.90 Å². The van der Waals surface area contributed by atoms with Crippen LogP contribution < -0.4 is 10.5 Å². The van der Waals surface area contributed by atoms with Gasteiger partial charge in [0.1, 0.15) is 0 Å². The molecule has 1 amide bonds. The molecule has 0 saturated carbocycles. The van der Waals surface area contributed by atoms with Crippen LogP contribution in [0.2, 0.25) is 0 Å². The largest absolute Gasteiger partial charge is 0.311 e. The van der Waals surface area contributed by atoms with Crippen LogP contribution in [0.4, 0.5) is 5.69 Å². The van der Waals surface area contributed by atoms with Gasteiger partial charge in [-0.15, -0.1) is 0 Å². The molecule has 0 spiro atoms. The average Bonchev–Trinajstić information content (AvgIpc) is 3.24. The fourth-order valence-corrected chi connectivity index (χ4v) is 4.99. The zero-order chi connectivity index (χ0) is 22.2. The second-order valence-corrected chi connectivity index (χ2v) is 8.98. The van der Waals surface area contributed by atoms with Gasteiger partial charge >= 0.3 is 0 Å². The minimum atomic E-state index is -0.125. The number of carbonyl (C=O) groups excluding carboxylic acids is 1. The molecule has 0 aliphatic carbocycles. The first-order valence-electron chi connectivity index (χ1n) is 10.6. The summed E-state index contributed by atoms with van der Waals surface area (Å²) in [4.78, 5) is 33.1. The predicted octanol–water partition coefficient (Wildman–Crippen LogP) is 4.68. The van der Waals surface area contributed by atoms with E-state index in [0.29, 0.717) is 22.6 Å². The van der Waals surface area contributed by atoms with Crippen LogP contribution in [0.15, 0.2) is 76.7 Å². The number of benzene rings is 3. The molecule has 1 aromatic heterocycles. The summed E-state index contributed by atoms with van der Waals surface area (Å²) in [6, 6.07) is 21.3. The van der Waals surface area contributed by atoms with Crippen LogP contribution in [0.5, 0.6) is 0 Å². The minimum Gasteiger partial charge on any atom is -0.311 e.